The molecule has 1 heterocycles. The lowest BCUT2D eigenvalue weighted by Crippen LogP contribution is -2.27. The molecule has 0 amide bonds. The Morgan fingerprint density at radius 2 is 1.94 bits per heavy atom. The predicted molar refractivity (Wildman–Crippen MR) is 74.9 cm³/mol. The van der Waals surface area contributed by atoms with Crippen molar-refractivity contribution in [3.05, 3.63) is 11.9 Å². The smallest absolute Gasteiger partial charge is 0.132 e. The fraction of sp³-hybridized carbons (Fsp3) is 0.692. The average Bonchev–Trinajstić information content (AvgIpc) is 2.28. The van der Waals surface area contributed by atoms with Gasteiger partial charge < -0.3 is 15.7 Å². The molecule has 1 aromatic rings. The third-order valence-electron chi connectivity index (χ3n) is 2.77. The molecule has 102 valence electrons. The molecule has 0 fully saturated rings. The lowest BCUT2D eigenvalue weighted by Gasteiger charge is -2.22. The molecule has 0 aliphatic rings. The van der Waals surface area contributed by atoms with Crippen LogP contribution in [0.1, 0.15) is 33.0 Å². The van der Waals surface area contributed by atoms with Gasteiger partial charge in [0.15, 0.2) is 0 Å². The molecule has 0 bridgehead atoms. The van der Waals surface area contributed by atoms with E-state index in [0.717, 1.165) is 30.4 Å². The van der Waals surface area contributed by atoms with Gasteiger partial charge in [0.25, 0.3) is 0 Å². The van der Waals surface area contributed by atoms with E-state index >= 15 is 0 Å². The van der Waals surface area contributed by atoms with Crippen molar-refractivity contribution in [3.63, 3.8) is 0 Å². The number of rotatable bonds is 7. The van der Waals surface area contributed by atoms with Crippen LogP contribution in [0.2, 0.25) is 0 Å². The van der Waals surface area contributed by atoms with Crippen LogP contribution in [-0.4, -0.2) is 34.3 Å². The normalized spacial score (nSPS) is 12.6. The predicted octanol–water partition coefficient (Wildman–Crippen LogP) is 2.04. The lowest BCUT2D eigenvalue weighted by molar-refractivity contribution is 0.267. The van der Waals surface area contributed by atoms with Crippen molar-refractivity contribution in [2.45, 2.75) is 40.2 Å². The Labute approximate surface area is 109 Å². The van der Waals surface area contributed by atoms with E-state index in [0.29, 0.717) is 5.92 Å². The van der Waals surface area contributed by atoms with Crippen molar-refractivity contribution >= 4 is 11.6 Å². The summed E-state index contributed by atoms with van der Waals surface area (Å²) in [6.45, 7) is 9.19. The number of hydrogen-bond acceptors (Lipinski definition) is 5. The SMILES string of the molecule is CCNc1cc(NC(CCO)C(C)C)nc(C)n1. The first-order valence-corrected chi connectivity index (χ1v) is 6.53. The first-order valence-electron chi connectivity index (χ1n) is 6.53. The van der Waals surface area contributed by atoms with Crippen molar-refractivity contribution in [1.29, 1.82) is 0 Å². The van der Waals surface area contributed by atoms with Gasteiger partial charge >= 0.3 is 0 Å². The number of aryl methyl sites for hydroxylation is 1. The van der Waals surface area contributed by atoms with Crippen molar-refractivity contribution in [3.8, 4) is 0 Å². The van der Waals surface area contributed by atoms with E-state index in [1.165, 1.54) is 0 Å². The van der Waals surface area contributed by atoms with Crippen LogP contribution in [0.3, 0.4) is 0 Å². The number of aliphatic hydroxyl groups excluding tert-OH is 1. The van der Waals surface area contributed by atoms with Crippen LogP contribution in [0.15, 0.2) is 6.07 Å². The highest BCUT2D eigenvalue weighted by Gasteiger charge is 2.13. The zero-order valence-electron chi connectivity index (χ0n) is 11.7. The molecule has 1 unspecified atom stereocenters. The molecule has 0 aromatic carbocycles. The van der Waals surface area contributed by atoms with E-state index in [1.54, 1.807) is 0 Å². The minimum atomic E-state index is 0.181. The molecule has 0 radical (unpaired) electrons. The topological polar surface area (TPSA) is 70.1 Å². The quantitative estimate of drug-likeness (QED) is 0.692. The van der Waals surface area contributed by atoms with Gasteiger partial charge in [-0.2, -0.15) is 0 Å². The zero-order chi connectivity index (χ0) is 13.5. The molecule has 5 heteroatoms. The highest BCUT2D eigenvalue weighted by Crippen LogP contribution is 2.16. The standard InChI is InChI=1S/C13H24N4O/c1-5-14-12-8-13(16-10(4)15-12)17-11(6-7-18)9(2)3/h8-9,11,18H,5-7H2,1-4H3,(H2,14,15,16,17). The molecule has 0 saturated heterocycles. The molecule has 3 N–H and O–H groups in total. The fourth-order valence-electron chi connectivity index (χ4n) is 1.81. The minimum Gasteiger partial charge on any atom is -0.396 e. The Morgan fingerprint density at radius 3 is 2.50 bits per heavy atom. The maximum absolute atomic E-state index is 9.07. The second-order valence-electron chi connectivity index (χ2n) is 4.72. The molecule has 0 aliphatic heterocycles. The lowest BCUT2D eigenvalue weighted by atomic mass is 10.0. The molecule has 1 aromatic heterocycles. The van der Waals surface area contributed by atoms with Crippen molar-refractivity contribution in [2.75, 3.05) is 23.8 Å². The fourth-order valence-corrected chi connectivity index (χ4v) is 1.81. The molecule has 0 saturated carbocycles. The third-order valence-corrected chi connectivity index (χ3v) is 2.77. The Kier molecular flexibility index (Phi) is 5.85. The van der Waals surface area contributed by atoms with E-state index in [2.05, 4.69) is 34.4 Å². The largest absolute Gasteiger partial charge is 0.396 e. The molecule has 0 aliphatic carbocycles. The van der Waals surface area contributed by atoms with Crippen LogP contribution in [-0.2, 0) is 0 Å². The summed E-state index contributed by atoms with van der Waals surface area (Å²) in [5.41, 5.74) is 0. The summed E-state index contributed by atoms with van der Waals surface area (Å²) in [5, 5.41) is 15.6. The van der Waals surface area contributed by atoms with Gasteiger partial charge in [0, 0.05) is 25.3 Å². The average molecular weight is 252 g/mol. The van der Waals surface area contributed by atoms with Gasteiger partial charge in [-0.15, -0.1) is 0 Å². The maximum Gasteiger partial charge on any atom is 0.132 e. The van der Waals surface area contributed by atoms with E-state index < -0.39 is 0 Å². The van der Waals surface area contributed by atoms with E-state index in [-0.39, 0.29) is 12.6 Å². The molecule has 1 rings (SSSR count). The van der Waals surface area contributed by atoms with Crippen molar-refractivity contribution < 1.29 is 5.11 Å². The van der Waals surface area contributed by atoms with Gasteiger partial charge in [-0.25, -0.2) is 9.97 Å². The molecular formula is C13H24N4O. The highest BCUT2D eigenvalue weighted by molar-refractivity contribution is 5.48. The summed E-state index contributed by atoms with van der Waals surface area (Å²) in [6.07, 6.45) is 0.720. The van der Waals surface area contributed by atoms with Crippen LogP contribution >= 0.6 is 0 Å². The molecule has 18 heavy (non-hydrogen) atoms. The molecule has 5 nitrogen and oxygen atoms in total. The second-order valence-corrected chi connectivity index (χ2v) is 4.72. The van der Waals surface area contributed by atoms with Crippen LogP contribution in [0.25, 0.3) is 0 Å². The van der Waals surface area contributed by atoms with Gasteiger partial charge in [0.2, 0.25) is 0 Å². The van der Waals surface area contributed by atoms with E-state index in [9.17, 15) is 0 Å². The number of nitrogens with zero attached hydrogens (tertiary/aromatic N) is 2. The Bertz CT molecular complexity index is 368. The molecule has 1 atom stereocenters. The summed E-state index contributed by atoms with van der Waals surface area (Å²) >= 11 is 0. The van der Waals surface area contributed by atoms with Gasteiger partial charge in [-0.05, 0) is 26.2 Å². The van der Waals surface area contributed by atoms with Crippen LogP contribution in [0.5, 0.6) is 0 Å². The summed E-state index contributed by atoms with van der Waals surface area (Å²) in [4.78, 5) is 8.69. The Hall–Kier alpha value is -1.36. The Morgan fingerprint density at radius 1 is 1.28 bits per heavy atom. The Balaban J connectivity index is 2.81. The van der Waals surface area contributed by atoms with Crippen molar-refractivity contribution in [2.24, 2.45) is 5.92 Å². The van der Waals surface area contributed by atoms with Gasteiger partial charge in [-0.1, -0.05) is 13.8 Å². The van der Waals surface area contributed by atoms with Gasteiger partial charge in [0.05, 0.1) is 0 Å². The molecule has 0 spiro atoms. The number of aliphatic hydroxyl groups is 1. The monoisotopic (exact) mass is 252 g/mol. The van der Waals surface area contributed by atoms with Crippen LogP contribution in [0, 0.1) is 12.8 Å². The van der Waals surface area contributed by atoms with E-state index in [4.69, 9.17) is 5.11 Å². The van der Waals surface area contributed by atoms with E-state index in [1.807, 2.05) is 19.9 Å². The first kappa shape index (κ1) is 14.7. The van der Waals surface area contributed by atoms with Gasteiger partial charge in [-0.3, -0.25) is 0 Å². The maximum atomic E-state index is 9.07. The van der Waals surface area contributed by atoms with Gasteiger partial charge in [0.1, 0.15) is 17.5 Å². The number of hydrogen-bond donors (Lipinski definition) is 3. The van der Waals surface area contributed by atoms with Crippen LogP contribution < -0.4 is 10.6 Å². The third kappa shape index (κ3) is 4.49. The summed E-state index contributed by atoms with van der Waals surface area (Å²) in [5.74, 6) is 2.82. The highest BCUT2D eigenvalue weighted by atomic mass is 16.3. The summed E-state index contributed by atoms with van der Waals surface area (Å²) in [7, 11) is 0. The number of nitrogens with one attached hydrogen (secondary N) is 2. The first-order chi connectivity index (χ1) is 8.56. The van der Waals surface area contributed by atoms with Crippen LogP contribution in [0.4, 0.5) is 11.6 Å². The summed E-state index contributed by atoms with van der Waals surface area (Å²) in [6, 6.07) is 2.13. The summed E-state index contributed by atoms with van der Waals surface area (Å²) < 4.78 is 0. The molecular weight excluding hydrogens is 228 g/mol. The second kappa shape index (κ2) is 7.16. The number of anilines is 2. The number of aromatic nitrogens is 2. The van der Waals surface area contributed by atoms with Crippen molar-refractivity contribution in [1.82, 2.24) is 9.97 Å². The zero-order valence-corrected chi connectivity index (χ0v) is 11.7. The minimum absolute atomic E-state index is 0.181.